The zero-order chi connectivity index (χ0) is 19.1. The van der Waals surface area contributed by atoms with E-state index in [2.05, 4.69) is 17.2 Å². The molecule has 1 aromatic heterocycles. The number of benzene rings is 1. The third-order valence-electron chi connectivity index (χ3n) is 4.60. The lowest BCUT2D eigenvalue weighted by Crippen LogP contribution is -2.44. The van der Waals surface area contributed by atoms with Crippen molar-refractivity contribution in [3.63, 3.8) is 0 Å². The molecule has 0 bridgehead atoms. The second-order valence-electron chi connectivity index (χ2n) is 6.56. The van der Waals surface area contributed by atoms with Gasteiger partial charge < -0.3 is 15.0 Å². The van der Waals surface area contributed by atoms with E-state index in [-0.39, 0.29) is 17.7 Å². The highest BCUT2D eigenvalue weighted by Gasteiger charge is 2.28. The Morgan fingerprint density at radius 2 is 2.15 bits per heavy atom. The molecule has 144 valence electrons. The molecule has 6 nitrogen and oxygen atoms in total. The van der Waals surface area contributed by atoms with Crippen molar-refractivity contribution in [2.75, 3.05) is 25.0 Å². The summed E-state index contributed by atoms with van der Waals surface area (Å²) in [6.07, 6.45) is 4.65. The van der Waals surface area contributed by atoms with Crippen molar-refractivity contribution in [1.29, 1.82) is 0 Å². The predicted molar refractivity (Wildman–Crippen MR) is 106 cm³/mol. The monoisotopic (exact) mass is 387 g/mol. The number of likely N-dealkylation sites (tertiary alicyclic amines) is 1. The number of para-hydroxylation sites is 1. The van der Waals surface area contributed by atoms with Crippen molar-refractivity contribution in [3.8, 4) is 5.75 Å². The van der Waals surface area contributed by atoms with Crippen LogP contribution in [0, 0.1) is 5.92 Å². The van der Waals surface area contributed by atoms with E-state index in [0.29, 0.717) is 31.2 Å². The Morgan fingerprint density at radius 1 is 1.33 bits per heavy atom. The Labute approximate surface area is 163 Å². The summed E-state index contributed by atoms with van der Waals surface area (Å²) in [5.41, 5.74) is 0. The molecule has 1 atom stereocenters. The standard InChI is InChI=1S/C20H25N3O3S/c1-2-17-13-21-20(27-17)22-19(25)15-7-6-11-23(14-15)18(24)10-12-26-16-8-4-3-5-9-16/h3-5,8-9,13,15H,2,6-7,10-12,14H2,1H3,(H,21,22,25)/t15-/m0/s1. The molecule has 1 aromatic carbocycles. The Morgan fingerprint density at radius 3 is 2.89 bits per heavy atom. The maximum Gasteiger partial charge on any atom is 0.231 e. The molecule has 0 aliphatic carbocycles. The molecular weight excluding hydrogens is 362 g/mol. The Bertz CT molecular complexity index is 763. The average Bonchev–Trinajstić information content (AvgIpc) is 3.16. The highest BCUT2D eigenvalue weighted by atomic mass is 32.1. The first-order valence-electron chi connectivity index (χ1n) is 9.37. The number of thiazole rings is 1. The molecule has 27 heavy (non-hydrogen) atoms. The minimum atomic E-state index is -0.188. The first-order chi connectivity index (χ1) is 13.2. The number of hydrogen-bond acceptors (Lipinski definition) is 5. The normalized spacial score (nSPS) is 16.8. The molecule has 7 heteroatoms. The number of aromatic nitrogens is 1. The topological polar surface area (TPSA) is 71.5 Å². The summed E-state index contributed by atoms with van der Waals surface area (Å²) in [4.78, 5) is 32.1. The second kappa shape index (κ2) is 9.50. The number of piperidine rings is 1. The van der Waals surface area contributed by atoms with Crippen molar-refractivity contribution in [1.82, 2.24) is 9.88 Å². The molecule has 0 unspecified atom stereocenters. The molecule has 1 fully saturated rings. The van der Waals surface area contributed by atoms with Crippen LogP contribution in [-0.2, 0) is 16.0 Å². The summed E-state index contributed by atoms with van der Waals surface area (Å²) in [6, 6.07) is 9.46. The molecule has 0 saturated carbocycles. The van der Waals surface area contributed by atoms with Crippen molar-refractivity contribution in [3.05, 3.63) is 41.4 Å². The van der Waals surface area contributed by atoms with E-state index in [9.17, 15) is 9.59 Å². The number of hydrogen-bond donors (Lipinski definition) is 1. The molecule has 1 aliphatic heterocycles. The summed E-state index contributed by atoms with van der Waals surface area (Å²) in [7, 11) is 0. The van der Waals surface area contributed by atoms with E-state index < -0.39 is 0 Å². The number of rotatable bonds is 7. The van der Waals surface area contributed by atoms with Gasteiger partial charge in [-0.05, 0) is 31.4 Å². The van der Waals surface area contributed by atoms with Gasteiger partial charge in [0.25, 0.3) is 0 Å². The fourth-order valence-corrected chi connectivity index (χ4v) is 3.84. The van der Waals surface area contributed by atoms with Crippen LogP contribution in [-0.4, -0.2) is 41.4 Å². The molecule has 2 heterocycles. The smallest absolute Gasteiger partial charge is 0.231 e. The van der Waals surface area contributed by atoms with Gasteiger partial charge >= 0.3 is 0 Å². The number of nitrogens with zero attached hydrogens (tertiary/aromatic N) is 2. The number of ether oxygens (including phenoxy) is 1. The Kier molecular flexibility index (Phi) is 6.81. The summed E-state index contributed by atoms with van der Waals surface area (Å²) in [5, 5.41) is 3.53. The van der Waals surface area contributed by atoms with E-state index >= 15 is 0 Å². The number of aryl methyl sites for hydroxylation is 1. The third kappa shape index (κ3) is 5.53. The fraction of sp³-hybridized carbons (Fsp3) is 0.450. The van der Waals surface area contributed by atoms with Crippen LogP contribution in [0.3, 0.4) is 0 Å². The van der Waals surface area contributed by atoms with Gasteiger partial charge in [0.15, 0.2) is 5.13 Å². The minimum Gasteiger partial charge on any atom is -0.493 e. The lowest BCUT2D eigenvalue weighted by Gasteiger charge is -2.32. The summed E-state index contributed by atoms with van der Waals surface area (Å²) < 4.78 is 5.60. The number of carbonyl (C=O) groups is 2. The van der Waals surface area contributed by atoms with E-state index in [1.807, 2.05) is 30.3 Å². The molecule has 2 amide bonds. The van der Waals surface area contributed by atoms with Crippen molar-refractivity contribution in [2.24, 2.45) is 5.92 Å². The number of anilines is 1. The molecule has 1 N–H and O–H groups in total. The van der Waals surface area contributed by atoms with Crippen LogP contribution < -0.4 is 10.1 Å². The largest absolute Gasteiger partial charge is 0.493 e. The van der Waals surface area contributed by atoms with E-state index in [1.165, 1.54) is 11.3 Å². The van der Waals surface area contributed by atoms with E-state index in [0.717, 1.165) is 29.9 Å². The van der Waals surface area contributed by atoms with Crippen LogP contribution in [0.2, 0.25) is 0 Å². The van der Waals surface area contributed by atoms with Gasteiger partial charge in [-0.15, -0.1) is 11.3 Å². The lowest BCUT2D eigenvalue weighted by molar-refractivity contribution is -0.135. The third-order valence-corrected chi connectivity index (χ3v) is 5.66. The maximum absolute atomic E-state index is 12.5. The number of carbonyl (C=O) groups excluding carboxylic acids is 2. The molecule has 0 spiro atoms. The van der Waals surface area contributed by atoms with Crippen molar-refractivity contribution >= 4 is 28.3 Å². The molecule has 0 radical (unpaired) electrons. The molecule has 1 saturated heterocycles. The van der Waals surface area contributed by atoms with Crippen LogP contribution in [0.1, 0.15) is 31.1 Å². The quantitative estimate of drug-likeness (QED) is 0.791. The van der Waals surface area contributed by atoms with E-state index in [4.69, 9.17) is 4.74 Å². The van der Waals surface area contributed by atoms with Gasteiger partial charge in [-0.1, -0.05) is 25.1 Å². The summed E-state index contributed by atoms with van der Waals surface area (Å²) in [5.74, 6) is 0.554. The van der Waals surface area contributed by atoms with Crippen LogP contribution in [0.4, 0.5) is 5.13 Å². The summed E-state index contributed by atoms with van der Waals surface area (Å²) >= 11 is 1.50. The highest BCUT2D eigenvalue weighted by Crippen LogP contribution is 2.22. The zero-order valence-electron chi connectivity index (χ0n) is 15.5. The van der Waals surface area contributed by atoms with Crippen LogP contribution >= 0.6 is 11.3 Å². The Hall–Kier alpha value is -2.41. The lowest BCUT2D eigenvalue weighted by atomic mass is 9.97. The van der Waals surface area contributed by atoms with Gasteiger partial charge in [0, 0.05) is 24.2 Å². The van der Waals surface area contributed by atoms with E-state index in [1.54, 1.807) is 11.1 Å². The zero-order valence-corrected chi connectivity index (χ0v) is 16.3. The van der Waals surface area contributed by atoms with Gasteiger partial charge in [0.05, 0.1) is 18.9 Å². The van der Waals surface area contributed by atoms with Crippen LogP contribution in [0.15, 0.2) is 36.5 Å². The SMILES string of the molecule is CCc1cnc(NC(=O)[C@H]2CCCN(C(=O)CCOc3ccccc3)C2)s1. The highest BCUT2D eigenvalue weighted by molar-refractivity contribution is 7.15. The van der Waals surface area contributed by atoms with Crippen LogP contribution in [0.25, 0.3) is 0 Å². The second-order valence-corrected chi connectivity index (χ2v) is 7.68. The predicted octanol–water partition coefficient (Wildman–Crippen LogP) is 3.35. The number of nitrogens with one attached hydrogen (secondary N) is 1. The van der Waals surface area contributed by atoms with Gasteiger partial charge in [-0.25, -0.2) is 4.98 Å². The van der Waals surface area contributed by atoms with Gasteiger partial charge in [0.2, 0.25) is 11.8 Å². The average molecular weight is 388 g/mol. The maximum atomic E-state index is 12.5. The van der Waals surface area contributed by atoms with Gasteiger partial charge in [-0.3, -0.25) is 9.59 Å². The molecule has 1 aliphatic rings. The molecule has 2 aromatic rings. The number of amides is 2. The first-order valence-corrected chi connectivity index (χ1v) is 10.2. The van der Waals surface area contributed by atoms with Gasteiger partial charge in [0.1, 0.15) is 5.75 Å². The van der Waals surface area contributed by atoms with Crippen molar-refractivity contribution < 1.29 is 14.3 Å². The molecular formula is C20H25N3O3S. The van der Waals surface area contributed by atoms with Crippen LogP contribution in [0.5, 0.6) is 5.75 Å². The molecule has 3 rings (SSSR count). The Balaban J connectivity index is 1.46. The minimum absolute atomic E-state index is 0.0333. The van der Waals surface area contributed by atoms with Gasteiger partial charge in [-0.2, -0.15) is 0 Å². The van der Waals surface area contributed by atoms with Crippen molar-refractivity contribution in [2.45, 2.75) is 32.6 Å². The first kappa shape index (κ1) is 19.4. The summed E-state index contributed by atoms with van der Waals surface area (Å²) in [6.45, 7) is 3.56. The fourth-order valence-electron chi connectivity index (χ4n) is 3.08.